The molecular formula is C19H16Cl2F3N3O. The number of anilines is 1. The van der Waals surface area contributed by atoms with Crippen molar-refractivity contribution in [3.63, 3.8) is 0 Å². The second kappa shape index (κ2) is 8.41. The number of hydrogen-bond donors (Lipinski definition) is 0. The van der Waals surface area contributed by atoms with Gasteiger partial charge < -0.3 is 9.80 Å². The number of amides is 1. The molecule has 0 N–H and O–H groups in total. The van der Waals surface area contributed by atoms with Crippen molar-refractivity contribution in [3.8, 4) is 0 Å². The molecule has 148 valence electrons. The molecule has 1 fully saturated rings. The first-order valence-electron chi connectivity index (χ1n) is 8.45. The highest BCUT2D eigenvalue weighted by atomic mass is 35.5. The fourth-order valence-electron chi connectivity index (χ4n) is 2.83. The van der Waals surface area contributed by atoms with Gasteiger partial charge in [-0.15, -0.1) is 0 Å². The molecule has 1 aliphatic rings. The summed E-state index contributed by atoms with van der Waals surface area (Å²) >= 11 is 12.1. The number of alkyl halides is 3. The van der Waals surface area contributed by atoms with Crippen molar-refractivity contribution in [1.82, 2.24) is 9.88 Å². The van der Waals surface area contributed by atoms with Gasteiger partial charge in [-0.2, -0.15) is 13.2 Å². The maximum Gasteiger partial charge on any atom is 0.417 e. The Morgan fingerprint density at radius 3 is 2.36 bits per heavy atom. The second-order valence-electron chi connectivity index (χ2n) is 6.19. The largest absolute Gasteiger partial charge is 0.417 e. The van der Waals surface area contributed by atoms with Crippen LogP contribution >= 0.6 is 23.2 Å². The molecule has 0 radical (unpaired) electrons. The smallest absolute Gasteiger partial charge is 0.352 e. The molecule has 1 aliphatic heterocycles. The fraction of sp³-hybridized carbons (Fsp3) is 0.263. The van der Waals surface area contributed by atoms with E-state index in [1.807, 2.05) is 12.1 Å². The lowest BCUT2D eigenvalue weighted by atomic mass is 10.2. The van der Waals surface area contributed by atoms with Gasteiger partial charge in [0.1, 0.15) is 5.82 Å². The van der Waals surface area contributed by atoms with Crippen molar-refractivity contribution in [2.45, 2.75) is 6.18 Å². The van der Waals surface area contributed by atoms with E-state index in [0.717, 1.165) is 17.8 Å². The number of pyridine rings is 1. The Kier molecular flexibility index (Phi) is 6.15. The molecule has 3 rings (SSSR count). The Hall–Kier alpha value is -2.25. The van der Waals surface area contributed by atoms with Crippen LogP contribution in [-0.4, -0.2) is 42.0 Å². The summed E-state index contributed by atoms with van der Waals surface area (Å²) in [4.78, 5) is 19.6. The van der Waals surface area contributed by atoms with Crippen LogP contribution in [0.2, 0.25) is 10.0 Å². The van der Waals surface area contributed by atoms with Gasteiger partial charge in [-0.05, 0) is 23.8 Å². The van der Waals surface area contributed by atoms with Gasteiger partial charge in [0.25, 0.3) is 0 Å². The predicted octanol–water partition coefficient (Wildman–Crippen LogP) is 4.77. The molecule has 2 aromatic rings. The molecule has 0 saturated carbocycles. The van der Waals surface area contributed by atoms with Crippen molar-refractivity contribution >= 4 is 41.0 Å². The molecule has 1 aromatic carbocycles. The summed E-state index contributed by atoms with van der Waals surface area (Å²) in [5.74, 6) is 0.124. The lowest BCUT2D eigenvalue weighted by molar-refractivity contribution is -0.137. The van der Waals surface area contributed by atoms with Gasteiger partial charge in [-0.25, -0.2) is 4.98 Å². The maximum absolute atomic E-state index is 12.7. The minimum Gasteiger partial charge on any atom is -0.352 e. The summed E-state index contributed by atoms with van der Waals surface area (Å²) in [5, 5.41) is 0.493. The van der Waals surface area contributed by atoms with E-state index < -0.39 is 11.7 Å². The summed E-state index contributed by atoms with van der Waals surface area (Å²) < 4.78 is 38.2. The lowest BCUT2D eigenvalue weighted by Gasteiger charge is -2.35. The van der Waals surface area contributed by atoms with Crippen LogP contribution in [0.5, 0.6) is 0 Å². The van der Waals surface area contributed by atoms with Crippen molar-refractivity contribution in [1.29, 1.82) is 0 Å². The highest BCUT2D eigenvalue weighted by molar-refractivity contribution is 6.33. The van der Waals surface area contributed by atoms with Crippen LogP contribution in [0, 0.1) is 0 Å². The van der Waals surface area contributed by atoms with Gasteiger partial charge >= 0.3 is 6.18 Å². The van der Waals surface area contributed by atoms with Gasteiger partial charge in [0.15, 0.2) is 0 Å². The highest BCUT2D eigenvalue weighted by Gasteiger charge is 2.32. The van der Waals surface area contributed by atoms with E-state index >= 15 is 0 Å². The Morgan fingerprint density at radius 1 is 1.07 bits per heavy atom. The Bertz CT molecular complexity index is 894. The van der Waals surface area contributed by atoms with Crippen molar-refractivity contribution in [2.75, 3.05) is 31.1 Å². The molecule has 1 aromatic heterocycles. The third-order valence-electron chi connectivity index (χ3n) is 4.35. The van der Waals surface area contributed by atoms with Crippen LogP contribution in [0.25, 0.3) is 6.08 Å². The Balaban J connectivity index is 1.61. The third kappa shape index (κ3) is 4.77. The molecule has 0 bridgehead atoms. The second-order valence-corrected chi connectivity index (χ2v) is 7.01. The molecule has 0 aliphatic carbocycles. The van der Waals surface area contributed by atoms with Crippen LogP contribution in [0.4, 0.5) is 19.0 Å². The normalized spacial score (nSPS) is 15.3. The number of halogens is 5. The van der Waals surface area contributed by atoms with E-state index in [4.69, 9.17) is 23.2 Å². The first kappa shape index (κ1) is 20.5. The number of carbonyl (C=O) groups is 1. The van der Waals surface area contributed by atoms with E-state index in [-0.39, 0.29) is 16.7 Å². The Morgan fingerprint density at radius 2 is 1.75 bits per heavy atom. The van der Waals surface area contributed by atoms with Crippen molar-refractivity contribution in [2.24, 2.45) is 0 Å². The van der Waals surface area contributed by atoms with E-state index in [1.165, 1.54) is 6.08 Å². The molecule has 28 heavy (non-hydrogen) atoms. The van der Waals surface area contributed by atoms with Gasteiger partial charge in [-0.1, -0.05) is 41.4 Å². The maximum atomic E-state index is 12.7. The van der Waals surface area contributed by atoms with E-state index in [2.05, 4.69) is 4.98 Å². The summed E-state index contributed by atoms with van der Waals surface area (Å²) in [6.45, 7) is 1.66. The standard InChI is InChI=1S/C19H16Cl2F3N3O/c20-15-4-2-1-3-13(15)5-6-17(28)26-7-9-27(10-8-26)18-16(21)11-14(12-25-18)19(22,23)24/h1-6,11-12H,7-10H2/b6-5+. The van der Waals surface area contributed by atoms with Crippen LogP contribution < -0.4 is 4.90 Å². The predicted molar refractivity (Wildman–Crippen MR) is 104 cm³/mol. The molecule has 1 saturated heterocycles. The topological polar surface area (TPSA) is 36.4 Å². The first-order valence-corrected chi connectivity index (χ1v) is 9.20. The number of benzene rings is 1. The molecule has 0 spiro atoms. The number of carbonyl (C=O) groups excluding carboxylic acids is 1. The molecule has 0 unspecified atom stereocenters. The van der Waals surface area contributed by atoms with Crippen LogP contribution in [0.15, 0.2) is 42.6 Å². The van der Waals surface area contributed by atoms with Crippen molar-refractivity contribution in [3.05, 3.63) is 63.8 Å². The van der Waals surface area contributed by atoms with Crippen LogP contribution in [-0.2, 0) is 11.0 Å². The zero-order chi connectivity index (χ0) is 20.3. The van der Waals surface area contributed by atoms with Gasteiger partial charge in [0, 0.05) is 43.5 Å². The Labute approximate surface area is 170 Å². The third-order valence-corrected chi connectivity index (χ3v) is 4.97. The average molecular weight is 430 g/mol. The molecule has 9 heteroatoms. The van der Waals surface area contributed by atoms with Crippen LogP contribution in [0.1, 0.15) is 11.1 Å². The molecule has 1 amide bonds. The van der Waals surface area contributed by atoms with E-state index in [0.29, 0.717) is 31.2 Å². The lowest BCUT2D eigenvalue weighted by Crippen LogP contribution is -2.48. The minimum absolute atomic E-state index is 0.0618. The number of aromatic nitrogens is 1. The van der Waals surface area contributed by atoms with Crippen LogP contribution in [0.3, 0.4) is 0 Å². The van der Waals surface area contributed by atoms with Gasteiger partial charge in [0.05, 0.1) is 10.6 Å². The SMILES string of the molecule is O=C(/C=C/c1ccccc1Cl)N1CCN(c2ncc(C(F)(F)F)cc2Cl)CC1. The van der Waals surface area contributed by atoms with Crippen molar-refractivity contribution < 1.29 is 18.0 Å². The highest BCUT2D eigenvalue weighted by Crippen LogP contribution is 2.33. The van der Waals surface area contributed by atoms with E-state index in [1.54, 1.807) is 28.0 Å². The molecule has 2 heterocycles. The number of rotatable bonds is 3. The average Bonchev–Trinajstić information content (AvgIpc) is 2.66. The molecule has 0 atom stereocenters. The molecule has 4 nitrogen and oxygen atoms in total. The first-order chi connectivity index (χ1) is 13.3. The summed E-state index contributed by atoms with van der Waals surface area (Å²) in [6.07, 6.45) is -0.606. The van der Waals surface area contributed by atoms with Gasteiger partial charge in [0.2, 0.25) is 5.91 Å². The zero-order valence-corrected chi connectivity index (χ0v) is 16.1. The monoisotopic (exact) mass is 429 g/mol. The molecular weight excluding hydrogens is 414 g/mol. The quantitative estimate of drug-likeness (QED) is 0.659. The fourth-order valence-corrected chi connectivity index (χ4v) is 3.32. The van der Waals surface area contributed by atoms with E-state index in [9.17, 15) is 18.0 Å². The number of hydrogen-bond acceptors (Lipinski definition) is 3. The minimum atomic E-state index is -4.49. The van der Waals surface area contributed by atoms with Gasteiger partial charge in [-0.3, -0.25) is 4.79 Å². The summed E-state index contributed by atoms with van der Waals surface area (Å²) in [6, 6.07) is 8.05. The summed E-state index contributed by atoms with van der Waals surface area (Å²) in [7, 11) is 0. The zero-order valence-electron chi connectivity index (χ0n) is 14.6. The summed E-state index contributed by atoms with van der Waals surface area (Å²) in [5.41, 5.74) is -0.142. The number of nitrogens with zero attached hydrogens (tertiary/aromatic N) is 3. The number of piperazine rings is 1.